The van der Waals surface area contributed by atoms with Crippen LogP contribution >= 0.6 is 0 Å². The molecule has 1 atom stereocenters. The highest BCUT2D eigenvalue weighted by Gasteiger charge is 2.40. The molecule has 127 valence electrons. The SMILES string of the molecule is CN1CCN(C2C[CH]CCN2C2(C)CCCCCCC2)CC1. The van der Waals surface area contributed by atoms with Crippen LogP contribution in [-0.2, 0) is 0 Å². The van der Waals surface area contributed by atoms with E-state index in [0.29, 0.717) is 11.7 Å². The van der Waals surface area contributed by atoms with Gasteiger partial charge in [-0.1, -0.05) is 32.1 Å². The predicted molar refractivity (Wildman–Crippen MR) is 93.8 cm³/mol. The van der Waals surface area contributed by atoms with E-state index in [1.165, 1.54) is 90.5 Å². The normalized spacial score (nSPS) is 33.3. The lowest BCUT2D eigenvalue weighted by Gasteiger charge is -2.53. The molecule has 0 aromatic heterocycles. The van der Waals surface area contributed by atoms with Crippen molar-refractivity contribution in [3.05, 3.63) is 6.42 Å². The maximum absolute atomic E-state index is 2.92. The first kappa shape index (κ1) is 16.7. The third kappa shape index (κ3) is 3.85. The first-order chi connectivity index (χ1) is 10.7. The van der Waals surface area contributed by atoms with Crippen molar-refractivity contribution in [2.24, 2.45) is 0 Å². The van der Waals surface area contributed by atoms with Gasteiger partial charge in [-0.05, 0) is 46.1 Å². The molecule has 0 amide bonds. The molecule has 0 aromatic carbocycles. The minimum atomic E-state index is 0.447. The average molecular weight is 307 g/mol. The second kappa shape index (κ2) is 7.63. The van der Waals surface area contributed by atoms with Crippen LogP contribution in [0.1, 0.15) is 64.7 Å². The zero-order chi connectivity index (χ0) is 15.4. The Labute approximate surface area is 138 Å². The van der Waals surface area contributed by atoms with Gasteiger partial charge in [0.15, 0.2) is 0 Å². The van der Waals surface area contributed by atoms with E-state index >= 15 is 0 Å². The molecule has 3 rings (SSSR count). The van der Waals surface area contributed by atoms with E-state index in [1.54, 1.807) is 0 Å². The van der Waals surface area contributed by atoms with Gasteiger partial charge in [0, 0.05) is 38.3 Å². The van der Waals surface area contributed by atoms with Crippen LogP contribution in [0.2, 0.25) is 0 Å². The van der Waals surface area contributed by atoms with Gasteiger partial charge in [0.25, 0.3) is 0 Å². The smallest absolute Gasteiger partial charge is 0.0630 e. The molecule has 3 aliphatic rings. The Balaban J connectivity index is 1.70. The summed E-state index contributed by atoms with van der Waals surface area (Å²) in [6.07, 6.45) is 15.9. The molecule has 0 spiro atoms. The zero-order valence-electron chi connectivity index (χ0n) is 14.9. The Morgan fingerprint density at radius 2 is 1.50 bits per heavy atom. The fourth-order valence-corrected chi connectivity index (χ4v) is 4.82. The van der Waals surface area contributed by atoms with E-state index in [4.69, 9.17) is 0 Å². The van der Waals surface area contributed by atoms with Crippen molar-refractivity contribution in [1.82, 2.24) is 14.7 Å². The van der Waals surface area contributed by atoms with Crippen LogP contribution < -0.4 is 0 Å². The molecule has 2 saturated heterocycles. The summed E-state index contributed by atoms with van der Waals surface area (Å²) in [7, 11) is 2.26. The molecule has 3 nitrogen and oxygen atoms in total. The van der Waals surface area contributed by atoms with Gasteiger partial charge >= 0.3 is 0 Å². The van der Waals surface area contributed by atoms with E-state index in [9.17, 15) is 0 Å². The van der Waals surface area contributed by atoms with E-state index < -0.39 is 0 Å². The van der Waals surface area contributed by atoms with E-state index in [-0.39, 0.29) is 0 Å². The van der Waals surface area contributed by atoms with Gasteiger partial charge in [-0.2, -0.15) is 0 Å². The molecule has 3 heteroatoms. The molecule has 0 aromatic rings. The van der Waals surface area contributed by atoms with Gasteiger partial charge in [-0.15, -0.1) is 0 Å². The van der Waals surface area contributed by atoms with Crippen molar-refractivity contribution >= 4 is 0 Å². The van der Waals surface area contributed by atoms with Crippen LogP contribution in [0.5, 0.6) is 0 Å². The second-order valence-corrected chi connectivity index (χ2v) is 8.09. The van der Waals surface area contributed by atoms with E-state index in [1.807, 2.05) is 0 Å². The van der Waals surface area contributed by atoms with Crippen molar-refractivity contribution < 1.29 is 0 Å². The summed E-state index contributed by atoms with van der Waals surface area (Å²) in [5.74, 6) is 0. The van der Waals surface area contributed by atoms with Crippen molar-refractivity contribution in [2.45, 2.75) is 76.4 Å². The number of piperidine rings is 1. The number of likely N-dealkylation sites (N-methyl/N-ethyl adjacent to an activating group) is 1. The highest BCUT2D eigenvalue weighted by molar-refractivity contribution is 4.97. The Kier molecular flexibility index (Phi) is 5.80. The van der Waals surface area contributed by atoms with Crippen LogP contribution in [0.3, 0.4) is 0 Å². The third-order valence-electron chi connectivity index (χ3n) is 6.39. The van der Waals surface area contributed by atoms with E-state index in [2.05, 4.69) is 35.1 Å². The Bertz CT molecular complexity index is 328. The fraction of sp³-hybridized carbons (Fsp3) is 0.947. The number of nitrogens with zero attached hydrogens (tertiary/aromatic N) is 3. The van der Waals surface area contributed by atoms with Crippen LogP contribution in [0, 0.1) is 6.42 Å². The van der Waals surface area contributed by atoms with E-state index in [0.717, 1.165) is 0 Å². The molecule has 22 heavy (non-hydrogen) atoms. The van der Waals surface area contributed by atoms with Crippen LogP contribution in [0.15, 0.2) is 0 Å². The largest absolute Gasteiger partial charge is 0.304 e. The van der Waals surface area contributed by atoms with Crippen molar-refractivity contribution in [3.8, 4) is 0 Å². The number of rotatable bonds is 2. The number of hydrogen-bond donors (Lipinski definition) is 0. The minimum Gasteiger partial charge on any atom is -0.304 e. The molecule has 3 fully saturated rings. The summed E-state index contributed by atoms with van der Waals surface area (Å²) < 4.78 is 0. The monoisotopic (exact) mass is 306 g/mol. The maximum Gasteiger partial charge on any atom is 0.0630 e. The Hall–Kier alpha value is -0.120. The lowest BCUT2D eigenvalue weighted by molar-refractivity contribution is -0.0651. The topological polar surface area (TPSA) is 9.72 Å². The third-order valence-corrected chi connectivity index (χ3v) is 6.39. The van der Waals surface area contributed by atoms with Gasteiger partial charge in [-0.3, -0.25) is 9.80 Å². The van der Waals surface area contributed by atoms with Gasteiger partial charge in [0.05, 0.1) is 6.17 Å². The van der Waals surface area contributed by atoms with Crippen molar-refractivity contribution in [2.75, 3.05) is 39.8 Å². The van der Waals surface area contributed by atoms with Crippen LogP contribution in [0.25, 0.3) is 0 Å². The molecule has 1 saturated carbocycles. The van der Waals surface area contributed by atoms with Crippen LogP contribution in [0.4, 0.5) is 0 Å². The Morgan fingerprint density at radius 3 is 2.18 bits per heavy atom. The number of hydrogen-bond acceptors (Lipinski definition) is 3. The quantitative estimate of drug-likeness (QED) is 0.774. The molecule has 1 aliphatic carbocycles. The van der Waals surface area contributed by atoms with Gasteiger partial charge in [0.2, 0.25) is 0 Å². The highest BCUT2D eigenvalue weighted by atomic mass is 15.4. The van der Waals surface area contributed by atoms with Gasteiger partial charge < -0.3 is 4.90 Å². The first-order valence-electron chi connectivity index (χ1n) is 9.70. The van der Waals surface area contributed by atoms with Gasteiger partial charge in [-0.25, -0.2) is 0 Å². The summed E-state index contributed by atoms with van der Waals surface area (Å²) in [6.45, 7) is 8.84. The molecule has 1 radical (unpaired) electrons. The molecule has 1 unspecified atom stereocenters. The van der Waals surface area contributed by atoms with Crippen molar-refractivity contribution in [1.29, 1.82) is 0 Å². The van der Waals surface area contributed by atoms with Crippen LogP contribution in [-0.4, -0.2) is 66.2 Å². The lowest BCUT2D eigenvalue weighted by Crippen LogP contribution is -2.62. The summed E-state index contributed by atoms with van der Waals surface area (Å²) in [6, 6.07) is 0. The minimum absolute atomic E-state index is 0.447. The summed E-state index contributed by atoms with van der Waals surface area (Å²) >= 11 is 0. The van der Waals surface area contributed by atoms with Gasteiger partial charge in [0.1, 0.15) is 0 Å². The molecular formula is C19H36N3. The standard InChI is InChI=1S/C19H36N3/c1-19(11-7-4-3-5-8-12-19)22-13-9-6-10-18(22)21-16-14-20(2)15-17-21/h6,18H,3-5,7-17H2,1-2H3. The second-order valence-electron chi connectivity index (χ2n) is 8.09. The molecule has 0 bridgehead atoms. The summed E-state index contributed by atoms with van der Waals surface area (Å²) in [5.41, 5.74) is 0.447. The Morgan fingerprint density at radius 1 is 0.864 bits per heavy atom. The average Bonchev–Trinajstić information content (AvgIpc) is 2.52. The fourth-order valence-electron chi connectivity index (χ4n) is 4.82. The molecule has 2 aliphatic heterocycles. The highest BCUT2D eigenvalue weighted by Crippen LogP contribution is 2.36. The molecule has 2 heterocycles. The zero-order valence-corrected chi connectivity index (χ0v) is 14.9. The number of likely N-dealkylation sites (tertiary alicyclic amines) is 1. The lowest BCUT2D eigenvalue weighted by atomic mass is 9.82. The maximum atomic E-state index is 2.92. The van der Waals surface area contributed by atoms with Crippen molar-refractivity contribution in [3.63, 3.8) is 0 Å². The molecule has 0 N–H and O–H groups in total. The molecular weight excluding hydrogens is 270 g/mol. The number of piperazine rings is 1. The summed E-state index contributed by atoms with van der Waals surface area (Å²) in [4.78, 5) is 8.17. The predicted octanol–water partition coefficient (Wildman–Crippen LogP) is 3.36. The first-order valence-corrected chi connectivity index (χ1v) is 9.70. The summed E-state index contributed by atoms with van der Waals surface area (Å²) in [5, 5.41) is 0.